The average molecular weight is 214 g/mol. The highest BCUT2D eigenvalue weighted by molar-refractivity contribution is 7.17. The molecular formula is C14H14S. The molecule has 0 amide bonds. The fourth-order valence-corrected chi connectivity index (χ4v) is 3.67. The summed E-state index contributed by atoms with van der Waals surface area (Å²) in [7, 11) is 0. The number of hydrogen-bond acceptors (Lipinski definition) is 1. The van der Waals surface area contributed by atoms with Gasteiger partial charge in [0.15, 0.2) is 0 Å². The minimum atomic E-state index is 0.690. The number of rotatable bonds is 0. The molecule has 1 atom stereocenters. The Kier molecular flexibility index (Phi) is 1.96. The van der Waals surface area contributed by atoms with Crippen LogP contribution in [-0.4, -0.2) is 0 Å². The van der Waals surface area contributed by atoms with Gasteiger partial charge >= 0.3 is 0 Å². The highest BCUT2D eigenvalue weighted by atomic mass is 32.1. The summed E-state index contributed by atoms with van der Waals surface area (Å²) in [6.07, 6.45) is 3.65. The Balaban J connectivity index is 2.57. The van der Waals surface area contributed by atoms with E-state index in [0.717, 1.165) is 0 Å². The minimum Gasteiger partial charge on any atom is -0.135 e. The van der Waals surface area contributed by atoms with E-state index in [1.165, 1.54) is 26.3 Å². The Labute approximate surface area is 93.6 Å². The molecule has 76 valence electrons. The molecular weight excluding hydrogens is 200 g/mol. The molecule has 1 aromatic carbocycles. The Morgan fingerprint density at radius 3 is 2.93 bits per heavy atom. The lowest BCUT2D eigenvalue weighted by Gasteiger charge is -2.10. The quantitative estimate of drug-likeness (QED) is 0.632. The van der Waals surface area contributed by atoms with Gasteiger partial charge in [0.05, 0.1) is 0 Å². The topological polar surface area (TPSA) is 0 Å². The molecule has 15 heavy (non-hydrogen) atoms. The second-order valence-electron chi connectivity index (χ2n) is 4.47. The van der Waals surface area contributed by atoms with Crippen molar-refractivity contribution < 1.29 is 0 Å². The van der Waals surface area contributed by atoms with Crippen LogP contribution in [0.3, 0.4) is 0 Å². The molecule has 1 heteroatoms. The molecule has 2 aromatic rings. The fraction of sp³-hybridized carbons (Fsp3) is 0.286. The minimum absolute atomic E-state index is 0.690. The Bertz CT molecular complexity index is 631. The van der Waals surface area contributed by atoms with Crippen LogP contribution in [-0.2, 0) is 0 Å². The molecule has 1 unspecified atom stereocenters. The van der Waals surface area contributed by atoms with E-state index in [1.54, 1.807) is 5.57 Å². The van der Waals surface area contributed by atoms with Crippen molar-refractivity contribution in [3.05, 3.63) is 34.0 Å². The van der Waals surface area contributed by atoms with Crippen LogP contribution in [0.25, 0.3) is 21.7 Å². The van der Waals surface area contributed by atoms with Crippen LogP contribution in [0, 0.1) is 5.92 Å². The van der Waals surface area contributed by atoms with Crippen molar-refractivity contribution in [3.8, 4) is 0 Å². The zero-order valence-electron chi connectivity index (χ0n) is 9.08. The molecule has 1 aromatic heterocycles. The van der Waals surface area contributed by atoms with Crippen molar-refractivity contribution in [2.45, 2.75) is 20.3 Å². The van der Waals surface area contributed by atoms with Crippen LogP contribution in [0.1, 0.15) is 20.3 Å². The van der Waals surface area contributed by atoms with Gasteiger partial charge in [-0.2, -0.15) is 0 Å². The maximum Gasteiger partial charge on any atom is 0.0355 e. The molecule has 0 bridgehead atoms. The van der Waals surface area contributed by atoms with Gasteiger partial charge in [-0.15, -0.1) is 11.3 Å². The molecule has 0 spiro atoms. The van der Waals surface area contributed by atoms with Crippen molar-refractivity contribution in [1.82, 2.24) is 0 Å². The molecule has 0 saturated heterocycles. The predicted molar refractivity (Wildman–Crippen MR) is 68.4 cm³/mol. The molecule has 0 nitrogen and oxygen atoms in total. The van der Waals surface area contributed by atoms with Gasteiger partial charge in [-0.3, -0.25) is 0 Å². The first-order chi connectivity index (χ1) is 7.25. The summed E-state index contributed by atoms with van der Waals surface area (Å²) < 4.78 is 2.93. The zero-order chi connectivity index (χ0) is 10.4. The molecule has 0 saturated carbocycles. The van der Waals surface area contributed by atoms with Gasteiger partial charge in [0.2, 0.25) is 0 Å². The Hall–Kier alpha value is -1.08. The zero-order valence-corrected chi connectivity index (χ0v) is 9.90. The number of fused-ring (bicyclic) bond motifs is 3. The molecule has 0 aliphatic heterocycles. The van der Waals surface area contributed by atoms with Gasteiger partial charge in [-0.05, 0) is 35.9 Å². The summed E-state index contributed by atoms with van der Waals surface area (Å²) in [6.45, 7) is 4.58. The van der Waals surface area contributed by atoms with Crippen LogP contribution < -0.4 is 9.75 Å². The van der Waals surface area contributed by atoms with Gasteiger partial charge in [-0.1, -0.05) is 36.8 Å². The lowest BCUT2D eigenvalue weighted by atomic mass is 9.96. The lowest BCUT2D eigenvalue weighted by molar-refractivity contribution is 0.785. The van der Waals surface area contributed by atoms with E-state index in [4.69, 9.17) is 0 Å². The second kappa shape index (κ2) is 3.21. The highest BCUT2D eigenvalue weighted by Crippen LogP contribution is 2.20. The summed E-state index contributed by atoms with van der Waals surface area (Å²) in [5.41, 5.74) is 1.56. The Morgan fingerprint density at radius 2 is 2.07 bits per heavy atom. The summed E-state index contributed by atoms with van der Waals surface area (Å²) in [4.78, 5) is 0. The van der Waals surface area contributed by atoms with Gasteiger partial charge in [0.1, 0.15) is 0 Å². The predicted octanol–water partition coefficient (Wildman–Crippen LogP) is 2.89. The van der Waals surface area contributed by atoms with Crippen molar-refractivity contribution in [2.24, 2.45) is 5.92 Å². The molecule has 0 N–H and O–H groups in total. The van der Waals surface area contributed by atoms with Gasteiger partial charge in [0, 0.05) is 9.23 Å². The average Bonchev–Trinajstić information content (AvgIpc) is 2.57. The van der Waals surface area contributed by atoms with Crippen LogP contribution in [0.2, 0.25) is 0 Å². The second-order valence-corrected chi connectivity index (χ2v) is 5.52. The van der Waals surface area contributed by atoms with E-state index in [0.29, 0.717) is 5.92 Å². The van der Waals surface area contributed by atoms with Crippen molar-refractivity contribution in [3.63, 3.8) is 0 Å². The maximum atomic E-state index is 2.43. The molecule has 0 fully saturated rings. The van der Waals surface area contributed by atoms with E-state index in [9.17, 15) is 0 Å². The molecule has 1 aliphatic rings. The summed E-state index contributed by atoms with van der Waals surface area (Å²) in [5.74, 6) is 0.690. The maximum absolute atomic E-state index is 2.43. The van der Waals surface area contributed by atoms with E-state index >= 15 is 0 Å². The van der Waals surface area contributed by atoms with Gasteiger partial charge in [-0.25, -0.2) is 0 Å². The fourth-order valence-electron chi connectivity index (χ4n) is 2.47. The number of benzene rings is 1. The van der Waals surface area contributed by atoms with Crippen LogP contribution >= 0.6 is 11.3 Å². The summed E-state index contributed by atoms with van der Waals surface area (Å²) in [6, 6.07) is 8.73. The molecule has 0 radical (unpaired) electrons. The summed E-state index contributed by atoms with van der Waals surface area (Å²) in [5, 5.41) is 2.91. The van der Waals surface area contributed by atoms with Gasteiger partial charge in [0.25, 0.3) is 0 Å². The van der Waals surface area contributed by atoms with Crippen molar-refractivity contribution in [2.75, 3.05) is 0 Å². The first-order valence-corrected chi connectivity index (χ1v) is 6.26. The van der Waals surface area contributed by atoms with E-state index in [1.807, 2.05) is 11.3 Å². The van der Waals surface area contributed by atoms with Crippen molar-refractivity contribution in [1.29, 1.82) is 0 Å². The molecule has 3 rings (SSSR count). The van der Waals surface area contributed by atoms with Crippen LogP contribution in [0.4, 0.5) is 0 Å². The SMILES string of the molecule is CC1=c2sc3ccccc3c2=CC(C)C1. The van der Waals surface area contributed by atoms with Crippen molar-refractivity contribution >= 4 is 33.1 Å². The lowest BCUT2D eigenvalue weighted by Crippen LogP contribution is -2.26. The molecule has 1 aliphatic carbocycles. The standard InChI is InChI=1S/C14H14S/c1-9-7-10(2)14-12(8-9)11-5-3-4-6-13(11)15-14/h3-6,8-9H,7H2,1-2H3. The third-order valence-corrected chi connectivity index (χ3v) is 4.45. The monoisotopic (exact) mass is 214 g/mol. The van der Waals surface area contributed by atoms with E-state index in [-0.39, 0.29) is 0 Å². The Morgan fingerprint density at radius 1 is 1.27 bits per heavy atom. The highest BCUT2D eigenvalue weighted by Gasteiger charge is 2.10. The van der Waals surface area contributed by atoms with E-state index in [2.05, 4.69) is 44.2 Å². The van der Waals surface area contributed by atoms with Crippen LogP contribution in [0.15, 0.2) is 24.3 Å². The molecule has 1 heterocycles. The van der Waals surface area contributed by atoms with Gasteiger partial charge < -0.3 is 0 Å². The number of hydrogen-bond donors (Lipinski definition) is 0. The van der Waals surface area contributed by atoms with Crippen LogP contribution in [0.5, 0.6) is 0 Å². The third-order valence-electron chi connectivity index (χ3n) is 3.10. The van der Waals surface area contributed by atoms with E-state index < -0.39 is 0 Å². The first kappa shape index (κ1) is 9.17. The normalized spacial score (nSPS) is 20.1. The smallest absolute Gasteiger partial charge is 0.0355 e. The number of thiophene rings is 1. The largest absolute Gasteiger partial charge is 0.135 e. The first-order valence-electron chi connectivity index (χ1n) is 5.45. The third kappa shape index (κ3) is 1.34. The summed E-state index contributed by atoms with van der Waals surface area (Å²) >= 11 is 1.94.